The summed E-state index contributed by atoms with van der Waals surface area (Å²) in [6.45, 7) is 8.13. The van der Waals surface area contributed by atoms with Crippen LogP contribution in [0.4, 0.5) is 11.6 Å². The fourth-order valence-electron chi connectivity index (χ4n) is 2.61. The highest BCUT2D eigenvalue weighted by atomic mass is 35.5. The van der Waals surface area contributed by atoms with Gasteiger partial charge in [-0.25, -0.2) is 9.78 Å². The summed E-state index contributed by atoms with van der Waals surface area (Å²) in [5.74, 6) is 0.945. The third-order valence-corrected chi connectivity index (χ3v) is 4.08. The zero-order valence-electron chi connectivity index (χ0n) is 14.1. The number of ether oxygens (including phenoxy) is 1. The van der Waals surface area contributed by atoms with Crippen LogP contribution in [0.15, 0.2) is 18.2 Å². The summed E-state index contributed by atoms with van der Waals surface area (Å²) in [4.78, 5) is 18.6. The van der Waals surface area contributed by atoms with E-state index < -0.39 is 11.6 Å². The molecule has 0 radical (unpaired) electrons. The van der Waals surface area contributed by atoms with E-state index in [0.29, 0.717) is 11.0 Å². The quantitative estimate of drug-likeness (QED) is 0.775. The van der Waals surface area contributed by atoms with Crippen molar-refractivity contribution in [2.75, 3.05) is 11.4 Å². The number of rotatable bonds is 2. The van der Waals surface area contributed by atoms with Gasteiger partial charge in [0, 0.05) is 12.1 Å². The van der Waals surface area contributed by atoms with E-state index in [4.69, 9.17) is 16.3 Å². The molecular formula is C17H19ClN4O2. The van der Waals surface area contributed by atoms with Gasteiger partial charge in [-0.15, -0.1) is 10.2 Å². The summed E-state index contributed by atoms with van der Waals surface area (Å²) < 4.78 is 5.38. The average Bonchev–Trinajstić information content (AvgIpc) is 2.94. The fourth-order valence-corrected chi connectivity index (χ4v) is 2.76. The second-order valence-corrected chi connectivity index (χ2v) is 7.06. The number of halogens is 1. The van der Waals surface area contributed by atoms with E-state index in [1.807, 2.05) is 38.7 Å². The molecule has 0 N–H and O–H groups in total. The molecule has 0 atom stereocenters. The van der Waals surface area contributed by atoms with Crippen molar-refractivity contribution in [3.63, 3.8) is 0 Å². The van der Waals surface area contributed by atoms with E-state index >= 15 is 0 Å². The fraction of sp³-hybridized carbons (Fsp3) is 0.412. The molecule has 0 aliphatic carbocycles. The van der Waals surface area contributed by atoms with Gasteiger partial charge in [0.05, 0.1) is 0 Å². The molecule has 2 aromatic heterocycles. The molecule has 0 unspecified atom stereocenters. The van der Waals surface area contributed by atoms with Crippen molar-refractivity contribution in [2.24, 2.45) is 0 Å². The smallest absolute Gasteiger partial charge is 0.357 e. The minimum Gasteiger partial charge on any atom is -0.455 e. The average molecular weight is 347 g/mol. The van der Waals surface area contributed by atoms with Crippen LogP contribution in [0.1, 0.15) is 42.4 Å². The lowest BCUT2D eigenvalue weighted by atomic mass is 10.1. The van der Waals surface area contributed by atoms with Gasteiger partial charge < -0.3 is 9.64 Å². The van der Waals surface area contributed by atoms with Gasteiger partial charge in [0.15, 0.2) is 16.7 Å². The molecule has 1 aliphatic rings. The summed E-state index contributed by atoms with van der Waals surface area (Å²) >= 11 is 6.05. The molecule has 7 heteroatoms. The molecule has 126 valence electrons. The van der Waals surface area contributed by atoms with Crippen LogP contribution in [0.25, 0.3) is 0 Å². The Morgan fingerprint density at radius 3 is 2.75 bits per heavy atom. The Hall–Kier alpha value is -2.21. The van der Waals surface area contributed by atoms with E-state index in [2.05, 4.69) is 15.2 Å². The molecule has 6 nitrogen and oxygen atoms in total. The van der Waals surface area contributed by atoms with Gasteiger partial charge >= 0.3 is 5.97 Å². The van der Waals surface area contributed by atoms with E-state index in [-0.39, 0.29) is 5.69 Å². The second kappa shape index (κ2) is 6.02. The monoisotopic (exact) mass is 346 g/mol. The van der Waals surface area contributed by atoms with Gasteiger partial charge in [-0.1, -0.05) is 17.7 Å². The van der Waals surface area contributed by atoms with Crippen molar-refractivity contribution in [3.8, 4) is 0 Å². The topological polar surface area (TPSA) is 68.2 Å². The SMILES string of the molecule is Cc1c(Cl)nnc2c1CCN2c1cccc(C(=O)OC(C)(C)C)n1. The van der Waals surface area contributed by atoms with Gasteiger partial charge in [-0.05, 0) is 51.8 Å². The normalized spacial score (nSPS) is 13.8. The van der Waals surface area contributed by atoms with Crippen molar-refractivity contribution in [2.45, 2.75) is 39.7 Å². The molecule has 0 saturated heterocycles. The number of pyridine rings is 1. The first kappa shape index (κ1) is 16.6. The van der Waals surface area contributed by atoms with E-state index in [9.17, 15) is 4.79 Å². The molecular weight excluding hydrogens is 328 g/mol. The Balaban J connectivity index is 1.92. The maximum absolute atomic E-state index is 12.2. The molecule has 2 aromatic rings. The largest absolute Gasteiger partial charge is 0.455 e. The first-order valence-corrected chi connectivity index (χ1v) is 8.13. The molecule has 0 amide bonds. The van der Waals surface area contributed by atoms with Gasteiger partial charge in [0.25, 0.3) is 0 Å². The third kappa shape index (κ3) is 3.19. The van der Waals surface area contributed by atoms with Crippen LogP contribution < -0.4 is 4.90 Å². The number of fused-ring (bicyclic) bond motifs is 1. The lowest BCUT2D eigenvalue weighted by Crippen LogP contribution is -2.25. The molecule has 3 heterocycles. The molecule has 0 bridgehead atoms. The van der Waals surface area contributed by atoms with Crippen LogP contribution in [0.2, 0.25) is 5.15 Å². The summed E-state index contributed by atoms with van der Waals surface area (Å²) in [6, 6.07) is 5.28. The highest BCUT2D eigenvalue weighted by molar-refractivity contribution is 6.30. The zero-order valence-corrected chi connectivity index (χ0v) is 14.9. The van der Waals surface area contributed by atoms with Crippen molar-refractivity contribution in [1.29, 1.82) is 0 Å². The van der Waals surface area contributed by atoms with Gasteiger partial charge in [0.2, 0.25) is 0 Å². The van der Waals surface area contributed by atoms with Crippen LogP contribution in [0.5, 0.6) is 0 Å². The minimum atomic E-state index is -0.561. The lowest BCUT2D eigenvalue weighted by molar-refractivity contribution is 0.00629. The number of nitrogens with zero attached hydrogens (tertiary/aromatic N) is 4. The maximum Gasteiger partial charge on any atom is 0.357 e. The minimum absolute atomic E-state index is 0.273. The summed E-state index contributed by atoms with van der Waals surface area (Å²) in [5.41, 5.74) is 1.72. The molecule has 0 spiro atoms. The third-order valence-electron chi connectivity index (χ3n) is 3.72. The highest BCUT2D eigenvalue weighted by Crippen LogP contribution is 2.34. The highest BCUT2D eigenvalue weighted by Gasteiger charge is 2.27. The number of aromatic nitrogens is 3. The van der Waals surface area contributed by atoms with Gasteiger partial charge in [-0.2, -0.15) is 0 Å². The van der Waals surface area contributed by atoms with Crippen LogP contribution >= 0.6 is 11.6 Å². The lowest BCUT2D eigenvalue weighted by Gasteiger charge is -2.20. The van der Waals surface area contributed by atoms with Crippen LogP contribution in [0, 0.1) is 6.92 Å². The first-order chi connectivity index (χ1) is 11.3. The summed E-state index contributed by atoms with van der Waals surface area (Å²) in [7, 11) is 0. The Labute approximate surface area is 145 Å². The zero-order chi connectivity index (χ0) is 17.5. The number of anilines is 2. The number of esters is 1. The van der Waals surface area contributed by atoms with E-state index in [0.717, 1.165) is 29.9 Å². The van der Waals surface area contributed by atoms with Crippen molar-refractivity contribution in [3.05, 3.63) is 40.2 Å². The summed E-state index contributed by atoms with van der Waals surface area (Å²) in [5, 5.41) is 8.61. The standard InChI is InChI=1S/C17H19ClN4O2/c1-10-11-8-9-22(15(11)21-20-14(10)18)13-7-5-6-12(19-13)16(23)24-17(2,3)4/h5-7H,8-9H2,1-4H3. The Morgan fingerprint density at radius 1 is 1.29 bits per heavy atom. The van der Waals surface area contributed by atoms with Gasteiger partial charge in [-0.3, -0.25) is 0 Å². The predicted octanol–water partition coefficient (Wildman–Crippen LogP) is 3.48. The van der Waals surface area contributed by atoms with Crippen molar-refractivity contribution < 1.29 is 9.53 Å². The second-order valence-electron chi connectivity index (χ2n) is 6.70. The predicted molar refractivity (Wildman–Crippen MR) is 91.9 cm³/mol. The Morgan fingerprint density at radius 2 is 2.04 bits per heavy atom. The van der Waals surface area contributed by atoms with Crippen LogP contribution in [-0.2, 0) is 11.2 Å². The molecule has 1 aliphatic heterocycles. The molecule has 24 heavy (non-hydrogen) atoms. The molecule has 0 saturated carbocycles. The van der Waals surface area contributed by atoms with E-state index in [1.165, 1.54) is 0 Å². The van der Waals surface area contributed by atoms with Crippen LogP contribution in [0.3, 0.4) is 0 Å². The Kier molecular flexibility index (Phi) is 4.17. The number of carbonyl (C=O) groups excluding carboxylic acids is 1. The van der Waals surface area contributed by atoms with E-state index in [1.54, 1.807) is 12.1 Å². The molecule has 0 fully saturated rings. The number of hydrogen-bond donors (Lipinski definition) is 0. The maximum atomic E-state index is 12.2. The Bertz CT molecular complexity index is 802. The first-order valence-electron chi connectivity index (χ1n) is 7.76. The van der Waals surface area contributed by atoms with Gasteiger partial charge in [0.1, 0.15) is 11.4 Å². The van der Waals surface area contributed by atoms with Crippen molar-refractivity contribution >= 4 is 29.2 Å². The molecule has 0 aromatic carbocycles. The molecule has 3 rings (SSSR count). The number of carbonyl (C=O) groups is 1. The van der Waals surface area contributed by atoms with Crippen molar-refractivity contribution in [1.82, 2.24) is 15.2 Å². The summed E-state index contributed by atoms with van der Waals surface area (Å²) in [6.07, 6.45) is 0.814. The number of hydrogen-bond acceptors (Lipinski definition) is 6. The van der Waals surface area contributed by atoms with Crippen LogP contribution in [-0.4, -0.2) is 33.3 Å².